The second-order valence-electron chi connectivity index (χ2n) is 29.7. The van der Waals surface area contributed by atoms with Gasteiger partial charge in [0, 0.05) is 12.8 Å². The largest absolute Gasteiger partial charge is 0.356 e. The van der Waals surface area contributed by atoms with Gasteiger partial charge in [0.2, 0.25) is 0 Å². The molecular formula is C78H22O3. The monoisotopic (exact) mass is 1010 g/mol. The first-order chi connectivity index (χ1) is 40.0. The summed E-state index contributed by atoms with van der Waals surface area (Å²) in [6.45, 7) is 3.63. The smallest absolute Gasteiger partial charge is 0.129 e. The molecule has 0 amide bonds. The fraction of sp³-hybridized carbons (Fsp3) is 0.154. The van der Waals surface area contributed by atoms with Gasteiger partial charge in [-0.3, -0.25) is 0 Å². The Balaban J connectivity index is 1.06. The number of benzene rings is 19. The fourth-order valence-corrected chi connectivity index (χ4v) is 28.7. The molecule has 0 N–H and O–H groups in total. The highest BCUT2D eigenvalue weighted by molar-refractivity contribution is 6.82. The Morgan fingerprint density at radius 1 is 0.272 bits per heavy atom. The molecule has 3 heteroatoms. The van der Waals surface area contributed by atoms with Crippen LogP contribution in [0.2, 0.25) is 0 Å². The van der Waals surface area contributed by atoms with Gasteiger partial charge in [0.05, 0.1) is 10.8 Å². The van der Waals surface area contributed by atoms with Crippen molar-refractivity contribution in [3.8, 4) is 0 Å². The van der Waals surface area contributed by atoms with Crippen molar-refractivity contribution in [2.24, 2.45) is 0 Å². The molecule has 0 aromatic heterocycles. The van der Waals surface area contributed by atoms with E-state index in [1.807, 2.05) is 13.8 Å². The normalized spacial score (nSPS) is 25.0. The molecule has 1 saturated heterocycles. The Bertz CT molecular complexity index is 7300. The van der Waals surface area contributed by atoms with Crippen LogP contribution >= 0.6 is 0 Å². The van der Waals surface area contributed by atoms with Crippen molar-refractivity contribution in [2.75, 3.05) is 0 Å². The number of carbonyl (C=O) groups excluding carboxylic acids is 2. The molecule has 29 aromatic carbocycles. The molecule has 3 nitrogen and oxygen atoms in total. The summed E-state index contributed by atoms with van der Waals surface area (Å²) in [5, 5.41) is 86.1. The number of hydrogen-bond donors (Lipinski definition) is 0. The van der Waals surface area contributed by atoms with Gasteiger partial charge in [0.25, 0.3) is 0 Å². The van der Waals surface area contributed by atoms with E-state index in [0.29, 0.717) is 12.8 Å². The fourth-order valence-electron chi connectivity index (χ4n) is 28.7. The molecule has 0 saturated carbocycles. The summed E-state index contributed by atoms with van der Waals surface area (Å²) >= 11 is 0. The van der Waals surface area contributed by atoms with Crippen LogP contribution in [0.1, 0.15) is 85.8 Å². The molecule has 81 heavy (non-hydrogen) atoms. The SMILES string of the molecule is CC(=O)CCC[C@]12O[C@](CCCC(C)=O)(c3ccccc31)C13c4c5c6c7c8c9c(c%10c%11c1c1c4c4c%12c5c5c6c6c8c8c%13c9c9c%10c%10c%11c%11c1c1c4c4c%12c%12c5c5c6c8c6c8c%13c9c9c%10c%10c%11c1c1c4c4c%12c5c6c5c8c9c%10c1c45)C732. The molecule has 5 aliphatic carbocycles. The number of ether oxygens (including phenoxy) is 1. The van der Waals surface area contributed by atoms with Crippen LogP contribution < -0.4 is 0 Å². The molecule has 29 aromatic rings. The first kappa shape index (κ1) is 32.9. The van der Waals surface area contributed by atoms with Crippen LogP contribution in [-0.2, 0) is 36.4 Å². The van der Waals surface area contributed by atoms with Gasteiger partial charge in [0.1, 0.15) is 22.8 Å². The van der Waals surface area contributed by atoms with Crippen molar-refractivity contribution in [1.82, 2.24) is 0 Å². The summed E-state index contributed by atoms with van der Waals surface area (Å²) < 4.78 is 9.19. The number of hydrogen-bond acceptors (Lipinski definition) is 3. The van der Waals surface area contributed by atoms with Crippen LogP contribution in [0.15, 0.2) is 24.3 Å². The maximum absolute atomic E-state index is 13.7. The molecular weight excluding hydrogens is 985 g/mol. The molecule has 0 unspecified atom stereocenters. The lowest BCUT2D eigenvalue weighted by atomic mass is 9.36. The van der Waals surface area contributed by atoms with Crippen molar-refractivity contribution in [3.05, 3.63) is 57.6 Å². The van der Waals surface area contributed by atoms with E-state index in [2.05, 4.69) is 24.3 Å². The molecule has 0 radical (unpaired) electrons. The Morgan fingerprint density at radius 3 is 0.593 bits per heavy atom. The number of rotatable bonds is 8. The van der Waals surface area contributed by atoms with Crippen LogP contribution in [0, 0.1) is 0 Å². The van der Waals surface area contributed by atoms with E-state index in [0.717, 1.165) is 25.7 Å². The van der Waals surface area contributed by atoms with Gasteiger partial charge in [-0.1, -0.05) is 24.3 Å². The number of carbonyl (C=O) groups is 2. The zero-order valence-electron chi connectivity index (χ0n) is 42.8. The van der Waals surface area contributed by atoms with E-state index in [-0.39, 0.29) is 11.6 Å². The van der Waals surface area contributed by atoms with Gasteiger partial charge in [-0.05, 0) is 364 Å². The lowest BCUT2D eigenvalue weighted by Crippen LogP contribution is -2.64. The molecule has 36 rings (SSSR count). The van der Waals surface area contributed by atoms with E-state index in [9.17, 15) is 14.3 Å². The lowest BCUT2D eigenvalue weighted by molar-refractivity contribution is -0.121. The molecule has 2 aliphatic heterocycles. The average Bonchev–Trinajstić information content (AvgIpc) is 1.50. The minimum Gasteiger partial charge on any atom is -0.356 e. The van der Waals surface area contributed by atoms with Gasteiger partial charge >= 0.3 is 0 Å². The third-order valence-corrected chi connectivity index (χ3v) is 28.8. The highest BCUT2D eigenvalue weighted by Gasteiger charge is 2.89. The van der Waals surface area contributed by atoms with Crippen molar-refractivity contribution >= 4 is 302 Å². The van der Waals surface area contributed by atoms with Crippen LogP contribution in [0.3, 0.4) is 0 Å². The third kappa shape index (κ3) is 1.87. The molecule has 2 spiro atoms. The minimum atomic E-state index is -0.821. The van der Waals surface area contributed by atoms with E-state index in [4.69, 9.17) is 0 Å². The Labute approximate surface area is 446 Å². The van der Waals surface area contributed by atoms with Gasteiger partial charge in [-0.2, -0.15) is 0 Å². The van der Waals surface area contributed by atoms with E-state index in [1.165, 1.54) is 11.1 Å². The summed E-state index contributed by atoms with van der Waals surface area (Å²) in [5.41, 5.74) is 6.19. The first-order valence-corrected chi connectivity index (χ1v) is 30.6. The predicted octanol–water partition coefficient (Wildman–Crippen LogP) is 19.9. The van der Waals surface area contributed by atoms with Crippen molar-refractivity contribution < 1.29 is 14.3 Å². The zero-order chi connectivity index (χ0) is 49.6. The maximum atomic E-state index is 13.7. The lowest BCUT2D eigenvalue weighted by Gasteiger charge is -2.61. The molecule has 352 valence electrons. The molecule has 2 heterocycles. The maximum Gasteiger partial charge on any atom is 0.129 e. The topological polar surface area (TPSA) is 43.4 Å². The predicted molar refractivity (Wildman–Crippen MR) is 334 cm³/mol. The van der Waals surface area contributed by atoms with Gasteiger partial charge in [-0.25, -0.2) is 0 Å². The van der Waals surface area contributed by atoms with Gasteiger partial charge in [-0.15, -0.1) is 0 Å². The first-order valence-electron chi connectivity index (χ1n) is 30.6. The summed E-state index contributed by atoms with van der Waals surface area (Å²) in [6, 6.07) is 9.68. The zero-order valence-corrected chi connectivity index (χ0v) is 42.8. The van der Waals surface area contributed by atoms with Crippen molar-refractivity contribution in [1.29, 1.82) is 0 Å². The van der Waals surface area contributed by atoms with E-state index in [1.54, 1.807) is 313 Å². The summed E-state index contributed by atoms with van der Waals surface area (Å²) in [6.07, 6.45) is 4.11. The molecule has 2 atom stereocenters. The molecule has 2 bridgehead atoms. The van der Waals surface area contributed by atoms with E-state index < -0.39 is 22.0 Å². The van der Waals surface area contributed by atoms with Crippen LogP contribution in [0.4, 0.5) is 0 Å². The van der Waals surface area contributed by atoms with Crippen LogP contribution in [0.25, 0.3) is 291 Å². The summed E-state index contributed by atoms with van der Waals surface area (Å²) in [5.74, 6) is 0.521. The third-order valence-electron chi connectivity index (χ3n) is 28.8. The second-order valence-corrected chi connectivity index (χ2v) is 29.7. The van der Waals surface area contributed by atoms with E-state index >= 15 is 0 Å². The van der Waals surface area contributed by atoms with Crippen molar-refractivity contribution in [2.45, 2.75) is 74.4 Å². The Kier molecular flexibility index (Phi) is 3.14. The Hall–Kier alpha value is -9.02. The standard InChI is InChI=1S/C78H22O3/c1-13(79)7-5-11-75-15-9-3-4-10-16(15)76(81-75,12-6-8-14(2)80)78-73-65-57-47-37-29-21-18-17-19-23-25(21)33-39-31(23)41-35-27(19)28-20(17)24-26-22(18)30(29)38-44-34(26)40-32(24)42-36(28)46-45(35)55-49(41)59-53(39)61(51(57)43(33)37)69(73)67(59)71-63(55)64-56(46)50(42)60-54(40)62-52(44)58(48(38)47)66(65)74(78)70(62)68(60)72(64)77(71,75)78/h3-4,9-10H,5-8,11-12H2,1-2H3/t75-,76+,77?,78?. The van der Waals surface area contributed by atoms with Crippen LogP contribution in [0.5, 0.6) is 0 Å². The number of ketones is 2. The highest BCUT2D eigenvalue weighted by atomic mass is 16.5. The van der Waals surface area contributed by atoms with Gasteiger partial charge in [0.15, 0.2) is 0 Å². The number of Topliss-reactive ketones (excluding diaryl/α,β-unsaturated/α-hetero) is 2. The minimum absolute atomic E-state index is 0.261. The van der Waals surface area contributed by atoms with Crippen molar-refractivity contribution in [3.63, 3.8) is 0 Å². The average molecular weight is 1010 g/mol. The summed E-state index contributed by atoms with van der Waals surface area (Å²) in [7, 11) is 0. The second kappa shape index (κ2) is 7.74. The molecule has 7 aliphatic rings. The highest BCUT2D eigenvalue weighted by Crippen LogP contribution is 2.93. The van der Waals surface area contributed by atoms with Crippen LogP contribution in [-0.4, -0.2) is 11.6 Å². The quantitative estimate of drug-likeness (QED) is 0.143. The Morgan fingerprint density at radius 2 is 0.432 bits per heavy atom. The van der Waals surface area contributed by atoms with Gasteiger partial charge < -0.3 is 14.3 Å². The summed E-state index contributed by atoms with van der Waals surface area (Å²) in [4.78, 5) is 27.4. The molecule has 1 fully saturated rings.